The van der Waals surface area contributed by atoms with Crippen LogP contribution in [0.1, 0.15) is 26.4 Å². The van der Waals surface area contributed by atoms with Crippen LogP contribution in [0.3, 0.4) is 0 Å². The summed E-state index contributed by atoms with van der Waals surface area (Å²) in [5.41, 5.74) is 6.90. The number of hydrogen-bond acceptors (Lipinski definition) is 4. The predicted octanol–water partition coefficient (Wildman–Crippen LogP) is 4.00. The van der Waals surface area contributed by atoms with Crippen molar-refractivity contribution in [1.29, 1.82) is 0 Å². The normalized spacial score (nSPS) is 14.5. The van der Waals surface area contributed by atoms with E-state index in [0.717, 1.165) is 21.7 Å². The van der Waals surface area contributed by atoms with E-state index in [1.807, 2.05) is 0 Å². The zero-order valence-corrected chi connectivity index (χ0v) is 13.9. The maximum atomic E-state index is 12.0. The second-order valence-corrected chi connectivity index (χ2v) is 8.04. The van der Waals surface area contributed by atoms with Crippen molar-refractivity contribution in [3.05, 3.63) is 56.8 Å². The van der Waals surface area contributed by atoms with Gasteiger partial charge in [0.1, 0.15) is 5.71 Å². The molecule has 0 atom stereocenters. The fraction of sp³-hybridized carbons (Fsp3) is 0.176. The third-order valence-electron chi connectivity index (χ3n) is 3.78. The largest absolute Gasteiger partial charge is 0.273 e. The number of nitrogens with zero attached hydrogens (tertiary/aromatic N) is 1. The molecular weight excluding hydrogens is 312 g/mol. The van der Waals surface area contributed by atoms with Gasteiger partial charge in [0.15, 0.2) is 0 Å². The summed E-state index contributed by atoms with van der Waals surface area (Å²) >= 11 is 3.52. The molecule has 1 aliphatic rings. The number of hydrogen-bond donors (Lipinski definition) is 1. The van der Waals surface area contributed by atoms with Gasteiger partial charge >= 0.3 is 0 Å². The molecule has 5 heteroatoms. The van der Waals surface area contributed by atoms with Crippen molar-refractivity contribution in [2.45, 2.75) is 20.3 Å². The molecule has 3 nitrogen and oxygen atoms in total. The number of carbonyl (C=O) groups excluding carboxylic acids is 1. The number of hydrazone groups is 1. The Labute approximate surface area is 136 Å². The third-order valence-corrected chi connectivity index (χ3v) is 6.18. The first-order valence-electron chi connectivity index (χ1n) is 7.07. The highest BCUT2D eigenvalue weighted by molar-refractivity contribution is 7.39. The smallest absolute Gasteiger partial charge is 0.244 e. The van der Waals surface area contributed by atoms with E-state index in [9.17, 15) is 4.79 Å². The summed E-state index contributed by atoms with van der Waals surface area (Å²) in [5, 5.41) is 5.58. The van der Waals surface area contributed by atoms with Crippen LogP contribution in [0.4, 0.5) is 0 Å². The minimum atomic E-state index is -0.0492. The average molecular weight is 326 g/mol. The molecule has 1 amide bonds. The molecule has 110 valence electrons. The van der Waals surface area contributed by atoms with E-state index in [-0.39, 0.29) is 5.91 Å². The summed E-state index contributed by atoms with van der Waals surface area (Å²) in [5.74, 6) is -0.0492. The average Bonchev–Trinajstić information content (AvgIpc) is 2.94. The molecule has 0 spiro atoms. The lowest BCUT2D eigenvalue weighted by molar-refractivity contribution is -0.120. The quantitative estimate of drug-likeness (QED) is 0.721. The van der Waals surface area contributed by atoms with Crippen LogP contribution in [-0.4, -0.2) is 11.6 Å². The number of aryl methyl sites for hydroxylation is 2. The van der Waals surface area contributed by atoms with Gasteiger partial charge < -0.3 is 0 Å². The molecule has 0 aliphatic carbocycles. The Morgan fingerprint density at radius 3 is 2.68 bits per heavy atom. The molecule has 3 aromatic rings. The number of amides is 1. The topological polar surface area (TPSA) is 41.5 Å². The summed E-state index contributed by atoms with van der Waals surface area (Å²) in [7, 11) is 0. The van der Waals surface area contributed by atoms with Gasteiger partial charge in [-0.1, -0.05) is 29.8 Å². The van der Waals surface area contributed by atoms with Crippen LogP contribution in [0.5, 0.6) is 0 Å². The van der Waals surface area contributed by atoms with Gasteiger partial charge in [-0.25, -0.2) is 5.43 Å². The molecule has 22 heavy (non-hydrogen) atoms. The first-order valence-corrected chi connectivity index (χ1v) is 8.71. The highest BCUT2D eigenvalue weighted by Crippen LogP contribution is 2.39. The van der Waals surface area contributed by atoms with Crippen LogP contribution in [0.15, 0.2) is 35.4 Å². The second kappa shape index (κ2) is 5.04. The van der Waals surface area contributed by atoms with Crippen molar-refractivity contribution in [2.24, 2.45) is 5.10 Å². The van der Waals surface area contributed by atoms with Gasteiger partial charge in [-0.05, 0) is 25.5 Å². The van der Waals surface area contributed by atoms with Crippen LogP contribution in [0, 0.1) is 13.8 Å². The number of fused-ring (bicyclic) bond motifs is 3. The molecule has 2 aromatic heterocycles. The van der Waals surface area contributed by atoms with Crippen molar-refractivity contribution >= 4 is 43.7 Å². The molecule has 4 rings (SSSR count). The second-order valence-electron chi connectivity index (χ2n) is 5.51. The van der Waals surface area contributed by atoms with Crippen LogP contribution in [-0.2, 0) is 11.2 Å². The van der Waals surface area contributed by atoms with Gasteiger partial charge in [0.2, 0.25) is 5.91 Å². The van der Waals surface area contributed by atoms with Crippen molar-refractivity contribution < 1.29 is 4.79 Å². The first kappa shape index (κ1) is 13.7. The monoisotopic (exact) mass is 326 g/mol. The molecular formula is C17H14N2OS2. The molecule has 1 aliphatic heterocycles. The van der Waals surface area contributed by atoms with E-state index in [4.69, 9.17) is 0 Å². The molecule has 3 heterocycles. The zero-order valence-electron chi connectivity index (χ0n) is 12.3. The number of rotatable bonds is 1. The molecule has 1 aromatic carbocycles. The molecule has 0 bridgehead atoms. The molecule has 0 unspecified atom stereocenters. The van der Waals surface area contributed by atoms with E-state index < -0.39 is 0 Å². The minimum Gasteiger partial charge on any atom is -0.273 e. The van der Waals surface area contributed by atoms with E-state index in [0.29, 0.717) is 6.42 Å². The maximum absolute atomic E-state index is 12.0. The van der Waals surface area contributed by atoms with Gasteiger partial charge in [0.25, 0.3) is 0 Å². The van der Waals surface area contributed by atoms with Crippen LogP contribution in [0.25, 0.3) is 9.40 Å². The lowest BCUT2D eigenvalue weighted by Crippen LogP contribution is -2.18. The Kier molecular flexibility index (Phi) is 3.13. The summed E-state index contributed by atoms with van der Waals surface area (Å²) in [6, 6.07) is 10.5. The molecule has 0 radical (unpaired) electrons. The Morgan fingerprint density at radius 2 is 1.91 bits per heavy atom. The van der Waals surface area contributed by atoms with E-state index in [1.54, 1.807) is 22.7 Å². The highest BCUT2D eigenvalue weighted by Gasteiger charge is 2.24. The zero-order chi connectivity index (χ0) is 15.3. The third kappa shape index (κ3) is 2.17. The van der Waals surface area contributed by atoms with Crippen molar-refractivity contribution in [3.8, 4) is 0 Å². The Morgan fingerprint density at radius 1 is 1.14 bits per heavy atom. The first-order chi connectivity index (χ1) is 10.6. The molecule has 0 fully saturated rings. The fourth-order valence-corrected chi connectivity index (χ4v) is 5.31. The van der Waals surface area contributed by atoms with Crippen LogP contribution >= 0.6 is 22.7 Å². The lowest BCUT2D eigenvalue weighted by atomic mass is 10.0. The van der Waals surface area contributed by atoms with Crippen molar-refractivity contribution in [3.63, 3.8) is 0 Å². The fourth-order valence-electron chi connectivity index (χ4n) is 2.70. The SMILES string of the molecule is Cc1ccc(C2=NNC(=O)Cc3c2sc2sc(C)cc32)cc1. The Balaban J connectivity index is 1.94. The van der Waals surface area contributed by atoms with Gasteiger partial charge in [-0.15, -0.1) is 22.7 Å². The van der Waals surface area contributed by atoms with Crippen molar-refractivity contribution in [2.75, 3.05) is 0 Å². The summed E-state index contributed by atoms with van der Waals surface area (Å²) in [4.78, 5) is 14.4. The summed E-state index contributed by atoms with van der Waals surface area (Å²) in [6.45, 7) is 4.17. The van der Waals surface area contributed by atoms with Gasteiger partial charge in [-0.2, -0.15) is 5.10 Å². The number of benzene rings is 1. The van der Waals surface area contributed by atoms with E-state index >= 15 is 0 Å². The highest BCUT2D eigenvalue weighted by atomic mass is 32.2. The predicted molar refractivity (Wildman–Crippen MR) is 93.1 cm³/mol. The standard InChI is InChI=1S/C17H14N2OS2/c1-9-3-5-11(6-4-9)15-16-12(8-14(20)18-19-15)13-7-10(2)21-17(13)22-16/h3-7H,8H2,1-2H3,(H,18,20). The molecule has 0 saturated heterocycles. The van der Waals surface area contributed by atoms with Gasteiger partial charge in [0.05, 0.1) is 15.3 Å². The Bertz CT molecular complexity index is 916. The van der Waals surface area contributed by atoms with Crippen molar-refractivity contribution in [1.82, 2.24) is 5.43 Å². The Hall–Kier alpha value is -1.98. The lowest BCUT2D eigenvalue weighted by Gasteiger charge is -2.05. The maximum Gasteiger partial charge on any atom is 0.244 e. The summed E-state index contributed by atoms with van der Waals surface area (Å²) < 4.78 is 1.28. The van der Waals surface area contributed by atoms with E-state index in [2.05, 4.69) is 54.7 Å². The summed E-state index contributed by atoms with van der Waals surface area (Å²) in [6.07, 6.45) is 0.393. The van der Waals surface area contributed by atoms with Crippen LogP contribution in [0.2, 0.25) is 0 Å². The minimum absolute atomic E-state index is 0.0492. The number of carbonyl (C=O) groups is 1. The van der Waals surface area contributed by atoms with Crippen LogP contribution < -0.4 is 5.43 Å². The van der Waals surface area contributed by atoms with E-state index in [1.165, 1.54) is 19.8 Å². The number of thiophene rings is 2. The number of nitrogens with one attached hydrogen (secondary N) is 1. The van der Waals surface area contributed by atoms with Gasteiger partial charge in [0, 0.05) is 15.8 Å². The van der Waals surface area contributed by atoms with Gasteiger partial charge in [-0.3, -0.25) is 4.79 Å². The molecule has 0 saturated carbocycles. The molecule has 1 N–H and O–H groups in total.